The fourth-order valence-electron chi connectivity index (χ4n) is 2.19. The lowest BCUT2D eigenvalue weighted by Crippen LogP contribution is -2.82. The van der Waals surface area contributed by atoms with Gasteiger partial charge in [0, 0.05) is 28.8 Å². The van der Waals surface area contributed by atoms with Crippen LogP contribution in [0, 0.1) is 0 Å². The molecule has 3 N–H and O–H groups in total. The van der Waals surface area contributed by atoms with Crippen LogP contribution in [0.15, 0.2) is 0 Å². The Bertz CT molecular complexity index is 205. The van der Waals surface area contributed by atoms with Crippen molar-refractivity contribution in [2.75, 3.05) is 6.61 Å². The van der Waals surface area contributed by atoms with Gasteiger partial charge in [0.05, 0.1) is 0 Å². The first-order valence-corrected chi connectivity index (χ1v) is 6.52. The van der Waals surface area contributed by atoms with Gasteiger partial charge in [-0.15, -0.1) is 0 Å². The van der Waals surface area contributed by atoms with Gasteiger partial charge in [-0.3, -0.25) is 0 Å². The monoisotopic (exact) mass is 244 g/mol. The van der Waals surface area contributed by atoms with Gasteiger partial charge in [0.2, 0.25) is 0 Å². The van der Waals surface area contributed by atoms with Gasteiger partial charge in [-0.1, -0.05) is 0 Å². The summed E-state index contributed by atoms with van der Waals surface area (Å²) in [5.41, 5.74) is 0.413. The van der Waals surface area contributed by atoms with E-state index in [-0.39, 0.29) is 28.8 Å². The molecule has 1 fully saturated rings. The minimum atomic E-state index is 0.103. The van der Waals surface area contributed by atoms with E-state index in [2.05, 4.69) is 66.0 Å². The summed E-state index contributed by atoms with van der Waals surface area (Å²) in [6.45, 7) is 20.0. The third-order valence-corrected chi connectivity index (χ3v) is 4.38. The highest BCUT2D eigenvalue weighted by atomic mass is 16.2. The molecule has 0 unspecified atom stereocenters. The van der Waals surface area contributed by atoms with Crippen molar-refractivity contribution < 1.29 is 5.11 Å². The summed E-state index contributed by atoms with van der Waals surface area (Å²) >= 11 is 0. The van der Waals surface area contributed by atoms with Crippen molar-refractivity contribution in [1.29, 1.82) is 0 Å². The molecular weight excluding hydrogens is 212 g/mol. The van der Waals surface area contributed by atoms with Gasteiger partial charge in [-0.25, -0.2) is 0 Å². The molecule has 0 aromatic rings. The molecule has 0 aliphatic carbocycles. The summed E-state index contributed by atoms with van der Waals surface area (Å²) in [4.78, 5) is 0. The maximum atomic E-state index is 7.57. The molecule has 0 spiro atoms. The highest BCUT2D eigenvalue weighted by Gasteiger charge is 2.53. The van der Waals surface area contributed by atoms with E-state index in [4.69, 9.17) is 5.11 Å². The maximum Gasteiger partial charge on any atom is 0.0402 e. The standard InChI is InChI=1S/C12H26N2.C2H6O/c1-9(2)10(3,4)14-12(7,8)11(5,6)13-9;1-2-3/h13-14H,1-8H3;3H,2H2,1H3. The van der Waals surface area contributed by atoms with Gasteiger partial charge < -0.3 is 15.7 Å². The molecule has 0 amide bonds. The second-order valence-corrected chi connectivity index (χ2v) is 7.07. The molecule has 104 valence electrons. The number of rotatable bonds is 0. The van der Waals surface area contributed by atoms with Crippen LogP contribution >= 0.6 is 0 Å². The van der Waals surface area contributed by atoms with Crippen LogP contribution in [0.25, 0.3) is 0 Å². The zero-order valence-corrected chi connectivity index (χ0v) is 13.2. The van der Waals surface area contributed by atoms with Crippen molar-refractivity contribution in [2.45, 2.75) is 84.5 Å². The van der Waals surface area contributed by atoms with Crippen LogP contribution in [-0.2, 0) is 0 Å². The van der Waals surface area contributed by atoms with Crippen molar-refractivity contribution in [2.24, 2.45) is 0 Å². The normalized spacial score (nSPS) is 27.9. The molecule has 1 aliphatic heterocycles. The smallest absolute Gasteiger partial charge is 0.0402 e. The predicted molar refractivity (Wildman–Crippen MR) is 75.3 cm³/mol. The number of hydrogen-bond donors (Lipinski definition) is 3. The number of nitrogens with one attached hydrogen (secondary N) is 2. The van der Waals surface area contributed by atoms with E-state index in [0.717, 1.165) is 0 Å². The van der Waals surface area contributed by atoms with Crippen LogP contribution in [-0.4, -0.2) is 33.9 Å². The Labute approximate surface area is 107 Å². The molecular formula is C14H32N2O. The number of aliphatic hydroxyl groups is 1. The molecule has 1 aliphatic rings. The van der Waals surface area contributed by atoms with Gasteiger partial charge in [0.15, 0.2) is 0 Å². The van der Waals surface area contributed by atoms with Gasteiger partial charge in [0.1, 0.15) is 0 Å². The summed E-state index contributed by atoms with van der Waals surface area (Å²) in [6, 6.07) is 0. The second-order valence-electron chi connectivity index (χ2n) is 7.07. The Morgan fingerprint density at radius 2 is 0.765 bits per heavy atom. The Kier molecular flexibility index (Phi) is 4.83. The van der Waals surface area contributed by atoms with Crippen LogP contribution in [0.2, 0.25) is 0 Å². The lowest BCUT2D eigenvalue weighted by atomic mass is 9.69. The van der Waals surface area contributed by atoms with Crippen LogP contribution in [0.1, 0.15) is 62.3 Å². The van der Waals surface area contributed by atoms with E-state index < -0.39 is 0 Å². The highest BCUT2D eigenvalue weighted by molar-refractivity contribution is 5.16. The highest BCUT2D eigenvalue weighted by Crippen LogP contribution is 2.36. The SMILES string of the molecule is CC1(C)NC(C)(C)C(C)(C)NC1(C)C.CCO. The molecule has 3 nitrogen and oxygen atoms in total. The summed E-state index contributed by atoms with van der Waals surface area (Å²) < 4.78 is 0. The predicted octanol–water partition coefficient (Wildman–Crippen LogP) is 2.29. The average Bonchev–Trinajstić information content (AvgIpc) is 1.98. The lowest BCUT2D eigenvalue weighted by molar-refractivity contribution is 0.00818. The summed E-state index contributed by atoms with van der Waals surface area (Å²) in [5.74, 6) is 0. The molecule has 1 heterocycles. The molecule has 0 aromatic heterocycles. The lowest BCUT2D eigenvalue weighted by Gasteiger charge is -2.61. The summed E-state index contributed by atoms with van der Waals surface area (Å²) in [6.07, 6.45) is 0. The van der Waals surface area contributed by atoms with Crippen molar-refractivity contribution in [3.8, 4) is 0 Å². The zero-order chi connectivity index (χ0) is 14.1. The minimum Gasteiger partial charge on any atom is -0.397 e. The Morgan fingerprint density at radius 3 is 0.882 bits per heavy atom. The molecule has 0 saturated carbocycles. The van der Waals surface area contributed by atoms with Gasteiger partial charge in [-0.05, 0) is 62.3 Å². The topological polar surface area (TPSA) is 44.3 Å². The summed E-state index contributed by atoms with van der Waals surface area (Å²) in [7, 11) is 0. The van der Waals surface area contributed by atoms with E-state index in [9.17, 15) is 0 Å². The third-order valence-electron chi connectivity index (χ3n) is 4.38. The van der Waals surface area contributed by atoms with Crippen LogP contribution in [0.5, 0.6) is 0 Å². The molecule has 1 saturated heterocycles. The third kappa shape index (κ3) is 3.43. The Hall–Kier alpha value is -0.120. The first kappa shape index (κ1) is 16.9. The fourth-order valence-corrected chi connectivity index (χ4v) is 2.19. The fraction of sp³-hybridized carbons (Fsp3) is 1.00. The number of hydrogen-bond acceptors (Lipinski definition) is 3. The molecule has 0 atom stereocenters. The van der Waals surface area contributed by atoms with Crippen molar-refractivity contribution in [3.05, 3.63) is 0 Å². The largest absolute Gasteiger partial charge is 0.397 e. The molecule has 0 aromatic carbocycles. The van der Waals surface area contributed by atoms with Crippen molar-refractivity contribution in [1.82, 2.24) is 10.6 Å². The first-order valence-electron chi connectivity index (χ1n) is 6.52. The van der Waals surface area contributed by atoms with E-state index in [1.807, 2.05) is 0 Å². The molecule has 1 rings (SSSR count). The van der Waals surface area contributed by atoms with Crippen LogP contribution in [0.4, 0.5) is 0 Å². The average molecular weight is 244 g/mol. The van der Waals surface area contributed by atoms with Gasteiger partial charge in [0.25, 0.3) is 0 Å². The van der Waals surface area contributed by atoms with Crippen molar-refractivity contribution in [3.63, 3.8) is 0 Å². The molecule has 3 heteroatoms. The van der Waals surface area contributed by atoms with Crippen LogP contribution in [0.3, 0.4) is 0 Å². The van der Waals surface area contributed by atoms with E-state index in [0.29, 0.717) is 0 Å². The molecule has 0 radical (unpaired) electrons. The zero-order valence-electron chi connectivity index (χ0n) is 13.2. The minimum absolute atomic E-state index is 0.103. The van der Waals surface area contributed by atoms with Gasteiger partial charge >= 0.3 is 0 Å². The Morgan fingerprint density at radius 1 is 0.647 bits per heavy atom. The number of piperazine rings is 1. The van der Waals surface area contributed by atoms with E-state index in [1.54, 1.807) is 6.92 Å². The van der Waals surface area contributed by atoms with Crippen molar-refractivity contribution >= 4 is 0 Å². The molecule has 17 heavy (non-hydrogen) atoms. The second kappa shape index (κ2) is 4.87. The maximum absolute atomic E-state index is 7.57. The first-order chi connectivity index (χ1) is 7.33. The quantitative estimate of drug-likeness (QED) is 0.612. The van der Waals surface area contributed by atoms with Gasteiger partial charge in [-0.2, -0.15) is 0 Å². The number of aliphatic hydroxyl groups excluding tert-OH is 1. The Balaban J connectivity index is 0.000000770. The van der Waals surface area contributed by atoms with Crippen LogP contribution < -0.4 is 10.6 Å². The molecule has 0 bridgehead atoms. The van der Waals surface area contributed by atoms with E-state index in [1.165, 1.54) is 0 Å². The summed E-state index contributed by atoms with van der Waals surface area (Å²) in [5, 5.41) is 15.1. The van der Waals surface area contributed by atoms with E-state index >= 15 is 0 Å².